The van der Waals surface area contributed by atoms with Crippen molar-refractivity contribution in [3.8, 4) is 5.75 Å². The molecule has 3 rings (SSSR count). The van der Waals surface area contributed by atoms with Crippen molar-refractivity contribution in [1.82, 2.24) is 4.72 Å². The van der Waals surface area contributed by atoms with Crippen LogP contribution in [0.2, 0.25) is 5.02 Å². The smallest absolute Gasteiger partial charge is 0.375 e. The number of hydrogen-bond acceptors (Lipinski definition) is 6. The fraction of sp³-hybridized carbons (Fsp3) is 0.100. The van der Waals surface area contributed by atoms with E-state index in [-0.39, 0.29) is 22.3 Å². The van der Waals surface area contributed by atoms with E-state index in [9.17, 15) is 23.1 Å². The molecule has 3 aromatic rings. The van der Waals surface area contributed by atoms with Crippen molar-refractivity contribution >= 4 is 27.6 Å². The molecular weight excluding hydrogens is 434 g/mol. The van der Waals surface area contributed by atoms with Crippen LogP contribution < -0.4 is 14.9 Å². The second-order valence-corrected chi connectivity index (χ2v) is 8.30. The average Bonchev–Trinajstić information content (AvgIpc) is 2.72. The minimum absolute atomic E-state index is 0.0351. The second-order valence-electron chi connectivity index (χ2n) is 6.10. The molecule has 0 spiro atoms. The van der Waals surface area contributed by atoms with Crippen LogP contribution in [0.1, 0.15) is 21.9 Å². The van der Waals surface area contributed by atoms with Crippen LogP contribution in [0.15, 0.2) is 74.8 Å². The van der Waals surface area contributed by atoms with E-state index >= 15 is 0 Å². The van der Waals surface area contributed by atoms with Gasteiger partial charge in [0.1, 0.15) is 12.4 Å². The van der Waals surface area contributed by atoms with Crippen molar-refractivity contribution in [2.24, 2.45) is 0 Å². The molecule has 0 saturated carbocycles. The number of benzene rings is 2. The highest BCUT2D eigenvalue weighted by Gasteiger charge is 2.22. The third kappa shape index (κ3) is 5.26. The zero-order chi connectivity index (χ0) is 21.7. The van der Waals surface area contributed by atoms with Gasteiger partial charge in [-0.1, -0.05) is 48.0 Å². The van der Waals surface area contributed by atoms with Gasteiger partial charge in [0, 0.05) is 11.1 Å². The monoisotopic (exact) mass is 449 g/mol. The number of ether oxygens (including phenoxy) is 1. The van der Waals surface area contributed by atoms with Crippen molar-refractivity contribution in [3.63, 3.8) is 0 Å². The number of carbonyl (C=O) groups is 1. The number of nitrogens with one attached hydrogen (secondary N) is 1. The Labute approximate surface area is 176 Å². The van der Waals surface area contributed by atoms with Gasteiger partial charge >= 0.3 is 5.97 Å². The molecule has 1 aromatic heterocycles. The summed E-state index contributed by atoms with van der Waals surface area (Å²) < 4.78 is 37.5. The Balaban J connectivity index is 1.81. The quantitative estimate of drug-likeness (QED) is 0.541. The number of hydrogen-bond donors (Lipinski definition) is 2. The third-order valence-electron chi connectivity index (χ3n) is 3.92. The number of carboxylic acids is 1. The van der Waals surface area contributed by atoms with E-state index in [4.69, 9.17) is 20.8 Å². The van der Waals surface area contributed by atoms with Gasteiger partial charge in [-0.2, -0.15) is 0 Å². The van der Waals surface area contributed by atoms with Crippen LogP contribution in [0, 0.1) is 0 Å². The van der Waals surface area contributed by atoms with Crippen LogP contribution >= 0.6 is 11.6 Å². The molecule has 30 heavy (non-hydrogen) atoms. The maximum atomic E-state index is 12.4. The van der Waals surface area contributed by atoms with Crippen molar-refractivity contribution in [2.75, 3.05) is 0 Å². The lowest BCUT2D eigenvalue weighted by Gasteiger charge is -2.10. The lowest BCUT2D eigenvalue weighted by molar-refractivity contribution is 0.0647. The number of carboxylic acid groups (broad SMARTS) is 1. The molecule has 0 amide bonds. The lowest BCUT2D eigenvalue weighted by Crippen LogP contribution is -2.24. The molecule has 0 atom stereocenters. The summed E-state index contributed by atoms with van der Waals surface area (Å²) in [4.78, 5) is 23.8. The first-order valence-electron chi connectivity index (χ1n) is 8.58. The Hall–Kier alpha value is -3.14. The summed E-state index contributed by atoms with van der Waals surface area (Å²) in [5, 5.41) is 9.62. The Morgan fingerprint density at radius 1 is 1.10 bits per heavy atom. The van der Waals surface area contributed by atoms with Gasteiger partial charge in [0.2, 0.25) is 21.2 Å². The second kappa shape index (κ2) is 9.12. The summed E-state index contributed by atoms with van der Waals surface area (Å²) in [6, 6.07) is 15.4. The zero-order valence-corrected chi connectivity index (χ0v) is 16.9. The minimum atomic E-state index is -3.96. The summed E-state index contributed by atoms with van der Waals surface area (Å²) >= 11 is 5.80. The van der Waals surface area contributed by atoms with E-state index in [1.54, 1.807) is 30.3 Å². The van der Waals surface area contributed by atoms with E-state index in [1.165, 1.54) is 24.3 Å². The minimum Gasteiger partial charge on any atom is -0.481 e. The van der Waals surface area contributed by atoms with Crippen LogP contribution in [0.3, 0.4) is 0 Å². The molecule has 10 heteroatoms. The highest BCUT2D eigenvalue weighted by Crippen LogP contribution is 2.19. The summed E-state index contributed by atoms with van der Waals surface area (Å²) in [6.07, 6.45) is 0. The van der Waals surface area contributed by atoms with E-state index in [0.717, 1.165) is 11.6 Å². The van der Waals surface area contributed by atoms with Crippen LogP contribution in [-0.4, -0.2) is 19.5 Å². The molecule has 8 nitrogen and oxygen atoms in total. The van der Waals surface area contributed by atoms with Gasteiger partial charge in [0.15, 0.2) is 0 Å². The van der Waals surface area contributed by atoms with Gasteiger partial charge in [0.25, 0.3) is 5.76 Å². The Kier molecular flexibility index (Phi) is 6.56. The molecule has 2 aromatic carbocycles. The predicted octanol–water partition coefficient (Wildman–Crippen LogP) is 3.05. The van der Waals surface area contributed by atoms with Crippen molar-refractivity contribution < 1.29 is 27.5 Å². The molecule has 156 valence electrons. The molecule has 0 aliphatic rings. The molecule has 0 saturated heterocycles. The van der Waals surface area contributed by atoms with Gasteiger partial charge in [0.05, 0.1) is 11.4 Å². The fourth-order valence-corrected chi connectivity index (χ4v) is 3.80. The number of sulfonamides is 1. The van der Waals surface area contributed by atoms with Crippen LogP contribution in [0.4, 0.5) is 0 Å². The first-order chi connectivity index (χ1) is 14.3. The molecule has 0 bridgehead atoms. The Morgan fingerprint density at radius 2 is 1.83 bits per heavy atom. The van der Waals surface area contributed by atoms with E-state index in [1.807, 2.05) is 0 Å². The molecule has 0 radical (unpaired) electrons. The first kappa shape index (κ1) is 21.6. The van der Waals surface area contributed by atoms with Crippen molar-refractivity contribution in [3.05, 3.63) is 93.0 Å². The third-order valence-corrected chi connectivity index (χ3v) is 5.55. The Morgan fingerprint density at radius 3 is 2.50 bits per heavy atom. The Bertz CT molecular complexity index is 1220. The topological polar surface area (TPSA) is 123 Å². The largest absolute Gasteiger partial charge is 0.481 e. The standard InChI is InChI=1S/C20H16ClNO7S/c21-14-7-4-8-16(9-14)30(26,27)22-11-15-10-17(23)18(19(29-15)20(24)25)28-12-13-5-2-1-3-6-13/h1-10,22H,11-12H2,(H,24,25). The molecule has 0 aliphatic carbocycles. The van der Waals surface area contributed by atoms with Crippen LogP contribution in [-0.2, 0) is 23.2 Å². The number of rotatable bonds is 8. The normalized spacial score (nSPS) is 11.2. The summed E-state index contributed by atoms with van der Waals surface area (Å²) in [6.45, 7) is -0.476. The van der Waals surface area contributed by atoms with Crippen molar-refractivity contribution in [1.29, 1.82) is 0 Å². The molecular formula is C20H16ClNO7S. The van der Waals surface area contributed by atoms with Crippen LogP contribution in [0.5, 0.6) is 5.75 Å². The fourth-order valence-electron chi connectivity index (χ4n) is 2.51. The van der Waals surface area contributed by atoms with Gasteiger partial charge < -0.3 is 14.3 Å². The molecule has 1 heterocycles. The first-order valence-corrected chi connectivity index (χ1v) is 10.4. The lowest BCUT2D eigenvalue weighted by atomic mass is 10.2. The highest BCUT2D eigenvalue weighted by molar-refractivity contribution is 7.89. The molecule has 0 aliphatic heterocycles. The summed E-state index contributed by atoms with van der Waals surface area (Å²) in [5.41, 5.74) is -0.0156. The van der Waals surface area contributed by atoms with E-state index in [0.29, 0.717) is 0 Å². The summed E-state index contributed by atoms with van der Waals surface area (Å²) in [7, 11) is -3.96. The maximum Gasteiger partial charge on any atom is 0.375 e. The van der Waals surface area contributed by atoms with Crippen molar-refractivity contribution in [2.45, 2.75) is 18.0 Å². The average molecular weight is 450 g/mol. The highest BCUT2D eigenvalue weighted by atomic mass is 35.5. The molecule has 0 unspecified atom stereocenters. The van der Waals surface area contributed by atoms with E-state index < -0.39 is 39.5 Å². The number of aromatic carboxylic acids is 1. The van der Waals surface area contributed by atoms with Gasteiger partial charge in [-0.25, -0.2) is 17.9 Å². The molecule has 0 fully saturated rings. The van der Waals surface area contributed by atoms with E-state index in [2.05, 4.69) is 4.72 Å². The van der Waals surface area contributed by atoms with Gasteiger partial charge in [-0.3, -0.25) is 4.79 Å². The van der Waals surface area contributed by atoms with Crippen LogP contribution in [0.25, 0.3) is 0 Å². The molecule has 2 N–H and O–H groups in total. The van der Waals surface area contributed by atoms with Gasteiger partial charge in [-0.05, 0) is 23.8 Å². The van der Waals surface area contributed by atoms with Gasteiger partial charge in [-0.15, -0.1) is 0 Å². The number of halogens is 1. The zero-order valence-electron chi connectivity index (χ0n) is 15.4. The SMILES string of the molecule is O=C(O)c1oc(CNS(=O)(=O)c2cccc(Cl)c2)cc(=O)c1OCc1ccccc1. The summed E-state index contributed by atoms with van der Waals surface area (Å²) in [5.74, 6) is -2.88. The predicted molar refractivity (Wildman–Crippen MR) is 108 cm³/mol. The maximum absolute atomic E-state index is 12.4.